The van der Waals surface area contributed by atoms with Gasteiger partial charge in [0.05, 0.1) is 24.1 Å². The molecule has 0 spiro atoms. The Morgan fingerprint density at radius 1 is 1.24 bits per heavy atom. The number of H-pyrrole nitrogens is 1. The fraction of sp³-hybridized carbons (Fsp3) is 0.0769. The Balaban J connectivity index is 1.93. The van der Waals surface area contributed by atoms with Gasteiger partial charge in [0, 0.05) is 5.69 Å². The maximum Gasteiger partial charge on any atom is 0.241 e. The zero-order valence-corrected chi connectivity index (χ0v) is 11.0. The van der Waals surface area contributed by atoms with Crippen LogP contribution < -0.4 is 16.6 Å². The van der Waals surface area contributed by atoms with Gasteiger partial charge in [-0.3, -0.25) is 10.5 Å². The van der Waals surface area contributed by atoms with Gasteiger partial charge in [0.25, 0.3) is 0 Å². The van der Waals surface area contributed by atoms with Crippen LogP contribution in [0.15, 0.2) is 30.5 Å². The lowest BCUT2D eigenvalue weighted by atomic mass is 10.1. The molecule has 0 radical (unpaired) electrons. The van der Waals surface area contributed by atoms with E-state index in [1.165, 1.54) is 0 Å². The van der Waals surface area contributed by atoms with Gasteiger partial charge >= 0.3 is 0 Å². The number of anilines is 3. The summed E-state index contributed by atoms with van der Waals surface area (Å²) < 4.78 is 0. The monoisotopic (exact) mass is 280 g/mol. The van der Waals surface area contributed by atoms with Crippen molar-refractivity contribution in [1.29, 1.82) is 5.26 Å². The first-order valence-electron chi connectivity index (χ1n) is 6.21. The van der Waals surface area contributed by atoms with Gasteiger partial charge in [-0.25, -0.2) is 5.84 Å². The average Bonchev–Trinajstić information content (AvgIpc) is 2.98. The highest BCUT2D eigenvalue weighted by atomic mass is 15.3. The number of fused-ring (bicyclic) bond motifs is 1. The highest BCUT2D eigenvalue weighted by Gasteiger charge is 2.09. The lowest BCUT2D eigenvalue weighted by molar-refractivity contribution is 1.08. The maximum absolute atomic E-state index is 8.66. The fourth-order valence-electron chi connectivity index (χ4n) is 1.93. The zero-order chi connectivity index (χ0) is 14.7. The van der Waals surface area contributed by atoms with Crippen LogP contribution in [0.1, 0.15) is 5.56 Å². The molecule has 0 saturated carbocycles. The zero-order valence-electron chi connectivity index (χ0n) is 11.0. The molecule has 0 bridgehead atoms. The molecular weight excluding hydrogens is 268 g/mol. The Kier molecular flexibility index (Phi) is 3.32. The van der Waals surface area contributed by atoms with E-state index in [1.807, 2.05) is 24.3 Å². The Bertz CT molecular complexity index is 799. The summed E-state index contributed by atoms with van der Waals surface area (Å²) in [4.78, 5) is 8.43. The highest BCUT2D eigenvalue weighted by Crippen LogP contribution is 2.23. The normalized spacial score (nSPS) is 10.3. The van der Waals surface area contributed by atoms with E-state index < -0.39 is 0 Å². The molecule has 104 valence electrons. The first-order chi connectivity index (χ1) is 10.3. The predicted octanol–water partition coefficient (Wildman–Crippen LogP) is 1.45. The minimum Gasteiger partial charge on any atom is -0.339 e. The van der Waals surface area contributed by atoms with Gasteiger partial charge in [-0.2, -0.15) is 20.3 Å². The number of rotatable bonds is 4. The number of nitriles is 1. The molecule has 0 atom stereocenters. The standard InChI is InChI=1S/C13H12N8/c14-6-5-8-1-3-9(4-2-8)17-11-10-7-16-21-12(10)19-13(18-11)20-15/h1-4,7H,5,15H2,(H3,16,17,18,19,20,21). The molecule has 0 aliphatic heterocycles. The fourth-order valence-corrected chi connectivity index (χ4v) is 1.93. The van der Waals surface area contributed by atoms with Crippen molar-refractivity contribution < 1.29 is 0 Å². The van der Waals surface area contributed by atoms with Crippen LogP contribution in [-0.4, -0.2) is 20.2 Å². The predicted molar refractivity (Wildman–Crippen MR) is 78.5 cm³/mol. The van der Waals surface area contributed by atoms with Crippen molar-refractivity contribution in [2.24, 2.45) is 5.84 Å². The van der Waals surface area contributed by atoms with Crippen LogP contribution in [0.5, 0.6) is 0 Å². The molecule has 8 nitrogen and oxygen atoms in total. The third kappa shape index (κ3) is 2.58. The molecule has 0 unspecified atom stereocenters. The molecule has 0 amide bonds. The summed E-state index contributed by atoms with van der Waals surface area (Å²) in [5.41, 5.74) is 4.81. The summed E-state index contributed by atoms with van der Waals surface area (Å²) >= 11 is 0. The highest BCUT2D eigenvalue weighted by molar-refractivity contribution is 5.88. The maximum atomic E-state index is 8.66. The van der Waals surface area contributed by atoms with Crippen LogP contribution in [0.3, 0.4) is 0 Å². The second-order valence-electron chi connectivity index (χ2n) is 4.33. The molecule has 2 heterocycles. The first-order valence-corrected chi connectivity index (χ1v) is 6.21. The minimum absolute atomic E-state index is 0.287. The van der Waals surface area contributed by atoms with Gasteiger partial charge in [-0.15, -0.1) is 0 Å². The summed E-state index contributed by atoms with van der Waals surface area (Å²) in [6, 6.07) is 9.66. The SMILES string of the molecule is N#CCc1ccc(Nc2nc(NN)nc3[nH]ncc23)cc1. The Hall–Kier alpha value is -3.18. The summed E-state index contributed by atoms with van der Waals surface area (Å²) in [6.45, 7) is 0. The van der Waals surface area contributed by atoms with Gasteiger partial charge < -0.3 is 5.32 Å². The van der Waals surface area contributed by atoms with Crippen LogP contribution >= 0.6 is 0 Å². The van der Waals surface area contributed by atoms with E-state index in [1.54, 1.807) is 6.20 Å². The van der Waals surface area contributed by atoms with E-state index in [-0.39, 0.29) is 5.95 Å². The molecule has 1 aromatic carbocycles. The quantitative estimate of drug-likeness (QED) is 0.420. The molecular formula is C13H12N8. The smallest absolute Gasteiger partial charge is 0.241 e. The van der Waals surface area contributed by atoms with Crippen molar-refractivity contribution in [3.05, 3.63) is 36.0 Å². The van der Waals surface area contributed by atoms with Crippen molar-refractivity contribution in [2.75, 3.05) is 10.7 Å². The summed E-state index contributed by atoms with van der Waals surface area (Å²) in [5.74, 6) is 6.24. The number of nitrogens with zero attached hydrogens (tertiary/aromatic N) is 4. The third-order valence-corrected chi connectivity index (χ3v) is 2.94. The molecule has 0 saturated heterocycles. The number of nitrogen functional groups attached to an aromatic ring is 1. The molecule has 0 fully saturated rings. The number of hydrazine groups is 1. The number of nitrogens with one attached hydrogen (secondary N) is 3. The average molecular weight is 280 g/mol. The Morgan fingerprint density at radius 2 is 2.05 bits per heavy atom. The van der Waals surface area contributed by atoms with Gasteiger partial charge in [-0.05, 0) is 17.7 Å². The van der Waals surface area contributed by atoms with Crippen LogP contribution in [-0.2, 0) is 6.42 Å². The summed E-state index contributed by atoms with van der Waals surface area (Å²) in [5, 5.41) is 19.3. The first kappa shape index (κ1) is 12.8. The van der Waals surface area contributed by atoms with Crippen molar-refractivity contribution in [2.45, 2.75) is 6.42 Å². The topological polar surface area (TPSA) is 128 Å². The Labute approximate surface area is 120 Å². The van der Waals surface area contributed by atoms with E-state index in [0.29, 0.717) is 17.9 Å². The number of hydrogen-bond donors (Lipinski definition) is 4. The van der Waals surface area contributed by atoms with Gasteiger partial charge in [-0.1, -0.05) is 12.1 Å². The van der Waals surface area contributed by atoms with E-state index in [4.69, 9.17) is 11.1 Å². The molecule has 3 rings (SSSR count). The molecule has 21 heavy (non-hydrogen) atoms. The largest absolute Gasteiger partial charge is 0.339 e. The lowest BCUT2D eigenvalue weighted by Gasteiger charge is -2.08. The van der Waals surface area contributed by atoms with Crippen molar-refractivity contribution >= 4 is 28.5 Å². The number of nitrogens with two attached hydrogens (primary N) is 1. The van der Waals surface area contributed by atoms with Gasteiger partial charge in [0.15, 0.2) is 5.65 Å². The molecule has 5 N–H and O–H groups in total. The summed E-state index contributed by atoms with van der Waals surface area (Å²) in [7, 11) is 0. The van der Waals surface area contributed by atoms with Crippen molar-refractivity contribution in [3.63, 3.8) is 0 Å². The van der Waals surface area contributed by atoms with Crippen LogP contribution in [0.25, 0.3) is 11.0 Å². The van der Waals surface area contributed by atoms with Gasteiger partial charge in [0.1, 0.15) is 5.82 Å². The van der Waals surface area contributed by atoms with E-state index in [0.717, 1.165) is 16.6 Å². The number of aromatic amines is 1. The third-order valence-electron chi connectivity index (χ3n) is 2.94. The molecule has 8 heteroatoms. The van der Waals surface area contributed by atoms with E-state index in [9.17, 15) is 0 Å². The number of benzene rings is 1. The number of hydrogen-bond acceptors (Lipinski definition) is 7. The summed E-state index contributed by atoms with van der Waals surface area (Å²) in [6.07, 6.45) is 2.03. The van der Waals surface area contributed by atoms with E-state index in [2.05, 4.69) is 37.0 Å². The number of aromatic nitrogens is 4. The minimum atomic E-state index is 0.287. The molecule has 3 aromatic rings. The lowest BCUT2D eigenvalue weighted by Crippen LogP contribution is -2.11. The molecule has 2 aromatic heterocycles. The van der Waals surface area contributed by atoms with Crippen molar-refractivity contribution in [1.82, 2.24) is 20.2 Å². The Morgan fingerprint density at radius 3 is 2.76 bits per heavy atom. The molecule has 0 aliphatic carbocycles. The van der Waals surface area contributed by atoms with E-state index >= 15 is 0 Å². The second-order valence-corrected chi connectivity index (χ2v) is 4.33. The van der Waals surface area contributed by atoms with Crippen LogP contribution in [0, 0.1) is 11.3 Å². The second kappa shape index (κ2) is 5.44. The van der Waals surface area contributed by atoms with Crippen LogP contribution in [0.4, 0.5) is 17.5 Å². The van der Waals surface area contributed by atoms with Crippen LogP contribution in [0.2, 0.25) is 0 Å². The van der Waals surface area contributed by atoms with Crippen molar-refractivity contribution in [3.8, 4) is 6.07 Å². The molecule has 0 aliphatic rings. The van der Waals surface area contributed by atoms with Gasteiger partial charge in [0.2, 0.25) is 5.95 Å².